The zero-order chi connectivity index (χ0) is 13.9. The first-order chi connectivity index (χ1) is 8.25. The lowest BCUT2D eigenvalue weighted by Crippen LogP contribution is -2.26. The van der Waals surface area contributed by atoms with Crippen LogP contribution in [0.15, 0.2) is 29.2 Å². The van der Waals surface area contributed by atoms with E-state index in [1.807, 2.05) is 0 Å². The van der Waals surface area contributed by atoms with Crippen LogP contribution in [-0.4, -0.2) is 43.9 Å². The molecule has 18 heavy (non-hydrogen) atoms. The Bertz CT molecular complexity index is 540. The first-order valence-electron chi connectivity index (χ1n) is 5.27. The number of carboxylic acid groups (broad SMARTS) is 1. The highest BCUT2D eigenvalue weighted by Crippen LogP contribution is 2.18. The second-order valence-electron chi connectivity index (χ2n) is 4.02. The van der Waals surface area contributed by atoms with Crippen LogP contribution < -0.4 is 5.32 Å². The van der Waals surface area contributed by atoms with Crippen molar-refractivity contribution in [2.45, 2.75) is 17.9 Å². The molecule has 0 fully saturated rings. The Kier molecular flexibility index (Phi) is 4.31. The van der Waals surface area contributed by atoms with Gasteiger partial charge in [-0.05, 0) is 25.1 Å². The fourth-order valence-electron chi connectivity index (χ4n) is 1.27. The highest BCUT2D eigenvalue weighted by atomic mass is 32.2. The van der Waals surface area contributed by atoms with Crippen LogP contribution in [-0.2, 0) is 14.8 Å². The average Bonchev–Trinajstić information content (AvgIpc) is 2.28. The molecule has 1 unspecified atom stereocenters. The van der Waals surface area contributed by atoms with Gasteiger partial charge in [0.05, 0.1) is 4.90 Å². The molecule has 0 heterocycles. The maximum atomic E-state index is 11.9. The van der Waals surface area contributed by atoms with Gasteiger partial charge in [-0.15, -0.1) is 0 Å². The van der Waals surface area contributed by atoms with E-state index in [4.69, 9.17) is 5.11 Å². The second-order valence-corrected chi connectivity index (χ2v) is 6.17. The molecule has 0 saturated carbocycles. The van der Waals surface area contributed by atoms with E-state index in [9.17, 15) is 13.2 Å². The van der Waals surface area contributed by atoms with E-state index in [0.29, 0.717) is 5.69 Å². The molecule has 0 radical (unpaired) electrons. The molecular formula is C11H16N2O4S. The zero-order valence-corrected chi connectivity index (χ0v) is 11.2. The lowest BCUT2D eigenvalue weighted by atomic mass is 10.2. The van der Waals surface area contributed by atoms with E-state index < -0.39 is 22.0 Å². The fourth-order valence-corrected chi connectivity index (χ4v) is 2.22. The van der Waals surface area contributed by atoms with Crippen molar-refractivity contribution in [2.24, 2.45) is 0 Å². The third kappa shape index (κ3) is 3.21. The van der Waals surface area contributed by atoms with Gasteiger partial charge in [-0.2, -0.15) is 0 Å². The lowest BCUT2D eigenvalue weighted by Gasteiger charge is -2.14. The van der Waals surface area contributed by atoms with Gasteiger partial charge in [-0.25, -0.2) is 12.7 Å². The van der Waals surface area contributed by atoms with Crippen molar-refractivity contribution in [1.29, 1.82) is 0 Å². The Morgan fingerprint density at radius 2 is 2.00 bits per heavy atom. The first-order valence-corrected chi connectivity index (χ1v) is 6.71. The van der Waals surface area contributed by atoms with E-state index >= 15 is 0 Å². The monoisotopic (exact) mass is 272 g/mol. The quantitative estimate of drug-likeness (QED) is 0.828. The van der Waals surface area contributed by atoms with Crippen LogP contribution in [0.4, 0.5) is 5.69 Å². The molecule has 1 atom stereocenters. The standard InChI is InChI=1S/C11H16N2O4S/c1-8(11(14)15)12-9-5-4-6-10(7-9)18(16,17)13(2)3/h4-8,12H,1-3H3,(H,14,15). The van der Waals surface area contributed by atoms with Crippen LogP contribution in [0.25, 0.3) is 0 Å². The average molecular weight is 272 g/mol. The molecule has 0 amide bonds. The number of hydrogen-bond donors (Lipinski definition) is 2. The van der Waals surface area contributed by atoms with E-state index in [2.05, 4.69) is 5.32 Å². The summed E-state index contributed by atoms with van der Waals surface area (Å²) >= 11 is 0. The number of nitrogens with zero attached hydrogens (tertiary/aromatic N) is 1. The van der Waals surface area contributed by atoms with Crippen LogP contribution in [0.1, 0.15) is 6.92 Å². The van der Waals surface area contributed by atoms with Crippen LogP contribution >= 0.6 is 0 Å². The maximum absolute atomic E-state index is 11.9. The summed E-state index contributed by atoms with van der Waals surface area (Å²) in [5.41, 5.74) is 0.452. The topological polar surface area (TPSA) is 86.7 Å². The highest BCUT2D eigenvalue weighted by molar-refractivity contribution is 7.89. The number of carboxylic acids is 1. The molecule has 0 bridgehead atoms. The minimum absolute atomic E-state index is 0.120. The largest absolute Gasteiger partial charge is 0.480 e. The van der Waals surface area contributed by atoms with Gasteiger partial charge in [-0.3, -0.25) is 4.79 Å². The summed E-state index contributed by atoms with van der Waals surface area (Å²) in [4.78, 5) is 10.8. The molecule has 0 spiro atoms. The Morgan fingerprint density at radius 1 is 1.39 bits per heavy atom. The molecule has 0 aromatic heterocycles. The fraction of sp³-hybridized carbons (Fsp3) is 0.364. The summed E-state index contributed by atoms with van der Waals surface area (Å²) in [5, 5.41) is 11.5. The molecule has 0 aliphatic carbocycles. The van der Waals surface area contributed by atoms with E-state index in [1.165, 1.54) is 33.2 Å². The molecule has 1 aromatic rings. The molecular weight excluding hydrogens is 256 g/mol. The molecule has 2 N–H and O–H groups in total. The normalized spacial score (nSPS) is 13.3. The van der Waals surface area contributed by atoms with Gasteiger partial charge < -0.3 is 10.4 Å². The van der Waals surface area contributed by atoms with Gasteiger partial charge in [-0.1, -0.05) is 6.07 Å². The summed E-state index contributed by atoms with van der Waals surface area (Å²) in [7, 11) is -0.630. The Morgan fingerprint density at radius 3 is 2.50 bits per heavy atom. The number of carbonyl (C=O) groups is 1. The first kappa shape index (κ1) is 14.5. The van der Waals surface area contributed by atoms with Crippen LogP contribution in [0, 0.1) is 0 Å². The summed E-state index contributed by atoms with van der Waals surface area (Å²) in [5.74, 6) is -1.00. The van der Waals surface area contributed by atoms with Gasteiger partial charge >= 0.3 is 5.97 Å². The molecule has 0 saturated heterocycles. The van der Waals surface area contributed by atoms with Gasteiger partial charge in [0, 0.05) is 19.8 Å². The summed E-state index contributed by atoms with van der Waals surface area (Å²) in [6.07, 6.45) is 0. The lowest BCUT2D eigenvalue weighted by molar-refractivity contribution is -0.137. The third-order valence-corrected chi connectivity index (χ3v) is 4.18. The molecule has 0 aliphatic rings. The van der Waals surface area contributed by atoms with Crippen LogP contribution in [0.5, 0.6) is 0 Å². The summed E-state index contributed by atoms with van der Waals surface area (Å²) in [6, 6.07) is 5.27. The predicted octanol–water partition coefficient (Wildman–Crippen LogP) is 0.822. The third-order valence-electron chi connectivity index (χ3n) is 2.37. The van der Waals surface area contributed by atoms with Crippen molar-refractivity contribution >= 4 is 21.7 Å². The SMILES string of the molecule is CC(Nc1cccc(S(=O)(=O)N(C)C)c1)C(=O)O. The van der Waals surface area contributed by atoms with Crippen molar-refractivity contribution in [2.75, 3.05) is 19.4 Å². The smallest absolute Gasteiger partial charge is 0.325 e. The number of hydrogen-bond acceptors (Lipinski definition) is 4. The number of rotatable bonds is 5. The van der Waals surface area contributed by atoms with Crippen molar-refractivity contribution in [1.82, 2.24) is 4.31 Å². The van der Waals surface area contributed by atoms with Crippen LogP contribution in [0.2, 0.25) is 0 Å². The number of nitrogens with one attached hydrogen (secondary N) is 1. The predicted molar refractivity (Wildman–Crippen MR) is 68.0 cm³/mol. The van der Waals surface area contributed by atoms with Gasteiger partial charge in [0.25, 0.3) is 0 Å². The Labute approximate surface area is 106 Å². The van der Waals surface area contributed by atoms with Crippen molar-refractivity contribution in [3.05, 3.63) is 24.3 Å². The van der Waals surface area contributed by atoms with E-state index in [0.717, 1.165) is 4.31 Å². The minimum Gasteiger partial charge on any atom is -0.480 e. The van der Waals surface area contributed by atoms with Gasteiger partial charge in [0.1, 0.15) is 6.04 Å². The molecule has 100 valence electrons. The second kappa shape index (κ2) is 5.36. The molecule has 6 nitrogen and oxygen atoms in total. The highest BCUT2D eigenvalue weighted by Gasteiger charge is 2.18. The Balaban J connectivity index is 3.04. The van der Waals surface area contributed by atoms with Crippen molar-refractivity contribution < 1.29 is 18.3 Å². The molecule has 7 heteroatoms. The van der Waals surface area contributed by atoms with Gasteiger partial charge in [0.15, 0.2) is 0 Å². The maximum Gasteiger partial charge on any atom is 0.325 e. The van der Waals surface area contributed by atoms with Crippen molar-refractivity contribution in [3.8, 4) is 0 Å². The minimum atomic E-state index is -3.51. The molecule has 1 aromatic carbocycles. The number of sulfonamides is 1. The Hall–Kier alpha value is -1.60. The van der Waals surface area contributed by atoms with E-state index in [-0.39, 0.29) is 4.90 Å². The molecule has 0 aliphatic heterocycles. The molecule has 1 rings (SSSR count). The number of aliphatic carboxylic acids is 1. The van der Waals surface area contributed by atoms with Gasteiger partial charge in [0.2, 0.25) is 10.0 Å². The number of anilines is 1. The summed E-state index contributed by atoms with van der Waals surface area (Å²) in [6.45, 7) is 1.48. The number of benzene rings is 1. The van der Waals surface area contributed by atoms with E-state index in [1.54, 1.807) is 12.1 Å². The zero-order valence-electron chi connectivity index (χ0n) is 10.4. The van der Waals surface area contributed by atoms with Crippen molar-refractivity contribution in [3.63, 3.8) is 0 Å². The van der Waals surface area contributed by atoms with Crippen LogP contribution in [0.3, 0.4) is 0 Å². The summed E-state index contributed by atoms with van der Waals surface area (Å²) < 4.78 is 24.9.